The van der Waals surface area contributed by atoms with E-state index in [1.165, 1.54) is 0 Å². The van der Waals surface area contributed by atoms with E-state index in [0.717, 1.165) is 0 Å². The van der Waals surface area contributed by atoms with Crippen molar-refractivity contribution in [3.05, 3.63) is 157 Å². The molecule has 3 heteroatoms. The zero-order chi connectivity index (χ0) is 52.4. The van der Waals surface area contributed by atoms with Gasteiger partial charge < -0.3 is 4.42 Å². The molecule has 0 atom stereocenters. The number of furan rings is 1. The Labute approximate surface area is 296 Å². The van der Waals surface area contributed by atoms with Gasteiger partial charge in [0, 0.05) is 33.6 Å². The monoisotopic (exact) mass is 600 g/mol. The topological polar surface area (TPSA) is 38.9 Å². The normalized spacial score (nSPS) is 19.6. The lowest BCUT2D eigenvalue weighted by Gasteiger charge is -2.13. The zero-order valence-electron chi connectivity index (χ0n) is 48.3. The summed E-state index contributed by atoms with van der Waals surface area (Å²) in [4.78, 5) is 8.42. The van der Waals surface area contributed by atoms with Gasteiger partial charge in [0.05, 0.1) is 52.4 Å². The minimum atomic E-state index is -1.04. The molecule has 45 heavy (non-hydrogen) atoms. The van der Waals surface area contributed by atoms with Crippen LogP contribution in [0.4, 0.5) is 0 Å². The highest BCUT2D eigenvalue weighted by atomic mass is 16.3. The van der Waals surface area contributed by atoms with Crippen LogP contribution in [0.3, 0.4) is 0 Å². The maximum atomic E-state index is 9.37. The molecule has 6 aromatic carbocycles. The van der Waals surface area contributed by atoms with Crippen molar-refractivity contribution in [1.29, 1.82) is 0 Å². The van der Waals surface area contributed by atoms with Crippen LogP contribution in [0.15, 0.2) is 162 Å². The number of aromatic nitrogens is 2. The van der Waals surface area contributed by atoms with Crippen LogP contribution in [0, 0.1) is 0 Å². The van der Waals surface area contributed by atoms with Gasteiger partial charge in [0.1, 0.15) is 11.5 Å². The molecule has 0 aliphatic rings. The quantitative estimate of drug-likeness (QED) is 0.189. The van der Waals surface area contributed by atoms with Gasteiger partial charge in [-0.15, -0.1) is 0 Å². The van der Waals surface area contributed by atoms with Crippen molar-refractivity contribution in [2.45, 2.75) is 0 Å². The van der Waals surface area contributed by atoms with Crippen LogP contribution in [-0.4, -0.2) is 9.97 Å². The summed E-state index contributed by atoms with van der Waals surface area (Å²) in [5, 5.41) is -3.25. The highest BCUT2D eigenvalue weighted by molar-refractivity contribution is 6.07. The lowest BCUT2D eigenvalue weighted by molar-refractivity contribution is 0.598. The van der Waals surface area contributed by atoms with Crippen LogP contribution in [0.5, 0.6) is 0 Å². The first kappa shape index (κ1) is 10.5. The van der Waals surface area contributed by atoms with Gasteiger partial charge in [0.25, 0.3) is 0 Å². The number of benzene rings is 6. The Hall–Kier alpha value is -6.06. The number of hydrogen-bond acceptors (Lipinski definition) is 3. The first-order valence-corrected chi connectivity index (χ1v) is 13.1. The van der Waals surface area contributed by atoms with Crippen LogP contribution in [0.2, 0.25) is 0 Å². The van der Waals surface area contributed by atoms with Crippen molar-refractivity contribution < 1.29 is 40.1 Å². The van der Waals surface area contributed by atoms with E-state index in [1.807, 2.05) is 0 Å². The summed E-state index contributed by atoms with van der Waals surface area (Å²) in [7, 11) is 0. The minimum Gasteiger partial charge on any atom is -0.456 e. The van der Waals surface area contributed by atoms with Gasteiger partial charge in [-0.3, -0.25) is 4.98 Å². The number of hydrogen-bond donors (Lipinski definition) is 0. The molecule has 0 aliphatic heterocycles. The lowest BCUT2D eigenvalue weighted by atomic mass is 9.93. The van der Waals surface area contributed by atoms with Crippen molar-refractivity contribution in [2.24, 2.45) is 0 Å². The number of pyridine rings is 2. The lowest BCUT2D eigenvalue weighted by Crippen LogP contribution is -1.91. The maximum absolute atomic E-state index is 9.37. The molecule has 210 valence electrons. The van der Waals surface area contributed by atoms with Crippen LogP contribution in [-0.2, 0) is 0 Å². The van der Waals surface area contributed by atoms with E-state index >= 15 is 0 Å². The molecular formula is C42H26N2O. The third-order valence-corrected chi connectivity index (χ3v) is 6.82. The van der Waals surface area contributed by atoms with Gasteiger partial charge in [-0.1, -0.05) is 127 Å². The Morgan fingerprint density at radius 2 is 1.07 bits per heavy atom. The molecule has 3 nitrogen and oxygen atoms in total. The molecule has 0 bridgehead atoms. The maximum Gasteiger partial charge on any atom is 0.135 e. The van der Waals surface area contributed by atoms with E-state index in [2.05, 4.69) is 9.97 Å². The van der Waals surface area contributed by atoms with E-state index in [0.29, 0.717) is 0 Å². The fourth-order valence-corrected chi connectivity index (χ4v) is 4.76. The van der Waals surface area contributed by atoms with Crippen molar-refractivity contribution in [3.8, 4) is 45.0 Å². The summed E-state index contributed by atoms with van der Waals surface area (Å²) in [6.45, 7) is 0. The molecule has 0 unspecified atom stereocenters. The Bertz CT molecular complexity index is 3980. The zero-order valence-corrected chi connectivity index (χ0v) is 22.3. The largest absolute Gasteiger partial charge is 0.456 e. The summed E-state index contributed by atoms with van der Waals surface area (Å²) in [5.41, 5.74) is -5.26. The summed E-state index contributed by atoms with van der Waals surface area (Å²) in [5.74, 6) is -1.60. The second-order valence-corrected chi connectivity index (χ2v) is 9.39. The molecule has 0 saturated heterocycles. The fourth-order valence-electron chi connectivity index (χ4n) is 4.76. The standard InChI is InChI=1S/C42H26N2O/c1-2-10-32-27(7-1)8-5-13-37(32)40-25-24-39(45-40)29-16-14-28(15-17-29)33-21-22-36(35-12-4-3-11-34(33)35)38-23-20-31-19-18-30-9-6-26-43-41(30)42(31)44-38/h1-26H/i1D,2D,3D,4D,5D,6D,7D,8D,9D,10D,11D,12D,13D,14D,15D,16D,17D,18D,19D,20D,21D,22D,23D,24D,25D,26D. The second kappa shape index (κ2) is 10.3. The highest BCUT2D eigenvalue weighted by Crippen LogP contribution is 2.38. The molecular weight excluding hydrogens is 548 g/mol. The van der Waals surface area contributed by atoms with Gasteiger partial charge >= 0.3 is 0 Å². The third kappa shape index (κ3) is 4.29. The fraction of sp³-hybridized carbons (Fsp3) is 0. The van der Waals surface area contributed by atoms with Crippen molar-refractivity contribution in [2.75, 3.05) is 0 Å². The summed E-state index contributed by atoms with van der Waals surface area (Å²) in [6.07, 6.45) is -0.752. The molecule has 0 saturated carbocycles. The highest BCUT2D eigenvalue weighted by Gasteiger charge is 2.14. The summed E-state index contributed by atoms with van der Waals surface area (Å²) >= 11 is 0. The number of rotatable bonds is 4. The van der Waals surface area contributed by atoms with Gasteiger partial charge in [-0.05, 0) is 56.8 Å². The molecule has 0 aliphatic carbocycles. The van der Waals surface area contributed by atoms with E-state index < -0.39 is 246 Å². The van der Waals surface area contributed by atoms with Crippen LogP contribution >= 0.6 is 0 Å². The average Bonchev–Trinajstić information content (AvgIpc) is 3.61. The first-order valence-electron chi connectivity index (χ1n) is 26.1. The van der Waals surface area contributed by atoms with Crippen LogP contribution in [0.25, 0.3) is 88.4 Å². The predicted octanol–water partition coefficient (Wildman–Crippen LogP) is 11.4. The van der Waals surface area contributed by atoms with E-state index in [4.69, 9.17) is 34.6 Å². The SMILES string of the molecule is [2H]c1nc2c(c([2H])c1[2H])c([2H])c([2H])c1c([2H])c([2H])c(-c3c([2H])c([2H])c(-c4c([2H])c([2H])c(-c5oc(-c6c([2H])c([2H])c([2H])c7c([2H])c([2H])c([2H])c([2H])c67)c([2H])c5[2H])c([2H])c4[2H])c4c([2H])c([2H])c([2H])c([2H])c34)nc12. The second-order valence-electron chi connectivity index (χ2n) is 9.39. The Kier molecular flexibility index (Phi) is 2.41. The summed E-state index contributed by atoms with van der Waals surface area (Å²) in [6, 6.07) is -21.6. The van der Waals surface area contributed by atoms with Crippen LogP contribution in [0.1, 0.15) is 35.6 Å². The number of nitrogens with zero attached hydrogens (tertiary/aromatic N) is 2. The smallest absolute Gasteiger partial charge is 0.135 e. The molecule has 3 heterocycles. The van der Waals surface area contributed by atoms with E-state index in [9.17, 15) is 5.48 Å². The molecule has 0 amide bonds. The van der Waals surface area contributed by atoms with Crippen molar-refractivity contribution in [1.82, 2.24) is 9.97 Å². The van der Waals surface area contributed by atoms with Gasteiger partial charge in [-0.2, -0.15) is 0 Å². The first-order chi connectivity index (χ1) is 33.1. The third-order valence-electron chi connectivity index (χ3n) is 6.82. The molecule has 0 spiro atoms. The molecule has 0 N–H and O–H groups in total. The van der Waals surface area contributed by atoms with Gasteiger partial charge in [0.15, 0.2) is 0 Å². The van der Waals surface area contributed by atoms with Crippen molar-refractivity contribution in [3.63, 3.8) is 0 Å². The van der Waals surface area contributed by atoms with Crippen LogP contribution < -0.4 is 0 Å². The molecule has 9 rings (SSSR count). The van der Waals surface area contributed by atoms with E-state index in [1.54, 1.807) is 0 Å². The molecule has 0 fully saturated rings. The summed E-state index contributed by atoms with van der Waals surface area (Å²) < 4.78 is 234. The van der Waals surface area contributed by atoms with E-state index in [-0.39, 0.29) is 0 Å². The predicted molar refractivity (Wildman–Crippen MR) is 186 cm³/mol. The Balaban J connectivity index is 1.36. The molecule has 3 aromatic heterocycles. The Morgan fingerprint density at radius 1 is 0.422 bits per heavy atom. The van der Waals surface area contributed by atoms with Gasteiger partial charge in [0.2, 0.25) is 0 Å². The number of fused-ring (bicyclic) bond motifs is 5. The minimum absolute atomic E-state index is 0.419. The molecule has 9 aromatic rings. The Morgan fingerprint density at radius 3 is 1.93 bits per heavy atom. The van der Waals surface area contributed by atoms with Gasteiger partial charge in [-0.25, -0.2) is 4.98 Å². The van der Waals surface area contributed by atoms with Crippen molar-refractivity contribution >= 4 is 43.4 Å². The average molecular weight is 601 g/mol. The molecule has 0 radical (unpaired) electrons.